The predicted molar refractivity (Wildman–Crippen MR) is 86.5 cm³/mol. The Morgan fingerprint density at radius 3 is 2.64 bits per heavy atom. The smallest absolute Gasteiger partial charge is 0.355 e. The minimum absolute atomic E-state index is 0.102. The molecule has 1 fully saturated rings. The van der Waals surface area contributed by atoms with Crippen LogP contribution in [0.1, 0.15) is 6.92 Å². The molecule has 1 N–H and O–H groups in total. The SMILES string of the molecule is CCOC(=O)C1=NNC2C(=O)N(c3cc(OC)ccc3OC)C(=O)C12. The van der Waals surface area contributed by atoms with Crippen LogP contribution < -0.4 is 19.8 Å². The van der Waals surface area contributed by atoms with Crippen molar-refractivity contribution >= 4 is 29.2 Å². The third-order valence-corrected chi connectivity index (χ3v) is 4.04. The molecule has 9 nitrogen and oxygen atoms in total. The first-order chi connectivity index (χ1) is 12.0. The van der Waals surface area contributed by atoms with Crippen LogP contribution >= 0.6 is 0 Å². The molecule has 25 heavy (non-hydrogen) atoms. The van der Waals surface area contributed by atoms with Gasteiger partial charge in [-0.15, -0.1) is 0 Å². The van der Waals surface area contributed by atoms with Gasteiger partial charge < -0.3 is 14.2 Å². The molecular formula is C16H17N3O6. The predicted octanol–water partition coefficient (Wildman–Crippen LogP) is 0.0841. The van der Waals surface area contributed by atoms with Crippen LogP contribution in [-0.4, -0.2) is 50.4 Å². The van der Waals surface area contributed by atoms with Crippen molar-refractivity contribution < 1.29 is 28.6 Å². The molecule has 2 heterocycles. The zero-order valence-electron chi connectivity index (χ0n) is 13.9. The maximum absolute atomic E-state index is 12.9. The first-order valence-electron chi connectivity index (χ1n) is 7.63. The summed E-state index contributed by atoms with van der Waals surface area (Å²) in [6, 6.07) is 3.83. The summed E-state index contributed by atoms with van der Waals surface area (Å²) >= 11 is 0. The molecule has 2 atom stereocenters. The monoisotopic (exact) mass is 347 g/mol. The number of ether oxygens (including phenoxy) is 3. The van der Waals surface area contributed by atoms with Crippen LogP contribution in [0, 0.1) is 5.92 Å². The number of methoxy groups -OCH3 is 2. The molecule has 3 rings (SSSR count). The number of carbonyl (C=O) groups excluding carboxylic acids is 3. The number of hydrogen-bond donors (Lipinski definition) is 1. The lowest BCUT2D eigenvalue weighted by Crippen LogP contribution is -2.36. The van der Waals surface area contributed by atoms with Crippen molar-refractivity contribution in [2.75, 3.05) is 25.7 Å². The fourth-order valence-corrected chi connectivity index (χ4v) is 2.87. The summed E-state index contributed by atoms with van der Waals surface area (Å²) in [5.41, 5.74) is 2.70. The first-order valence-corrected chi connectivity index (χ1v) is 7.63. The fraction of sp³-hybridized carbons (Fsp3) is 0.375. The standard InChI is InChI=1S/C16H17N3O6/c1-4-25-16(22)13-11-12(17-18-13)15(21)19(14(11)20)9-7-8(23-2)5-6-10(9)24-3/h5-7,11-12,17H,4H2,1-3H3. The van der Waals surface area contributed by atoms with E-state index in [1.165, 1.54) is 20.3 Å². The molecule has 132 valence electrons. The molecule has 2 aliphatic rings. The number of anilines is 1. The van der Waals surface area contributed by atoms with E-state index in [1.54, 1.807) is 19.1 Å². The summed E-state index contributed by atoms with van der Waals surface area (Å²) < 4.78 is 15.3. The van der Waals surface area contributed by atoms with E-state index >= 15 is 0 Å². The normalized spacial score (nSPS) is 21.6. The second-order valence-electron chi connectivity index (χ2n) is 5.35. The quantitative estimate of drug-likeness (QED) is 0.594. The van der Waals surface area contributed by atoms with E-state index in [9.17, 15) is 14.4 Å². The van der Waals surface area contributed by atoms with Gasteiger partial charge in [0.25, 0.3) is 5.91 Å². The Kier molecular flexibility index (Phi) is 4.30. The first kappa shape index (κ1) is 16.7. The maximum Gasteiger partial charge on any atom is 0.355 e. The number of imide groups is 1. The highest BCUT2D eigenvalue weighted by atomic mass is 16.5. The number of esters is 1. The highest BCUT2D eigenvalue weighted by molar-refractivity contribution is 6.46. The number of hydrazone groups is 1. The Balaban J connectivity index is 1.99. The van der Waals surface area contributed by atoms with Crippen LogP contribution in [0.15, 0.2) is 23.3 Å². The Labute approximate surface area is 143 Å². The number of rotatable bonds is 5. The van der Waals surface area contributed by atoms with Gasteiger partial charge in [0, 0.05) is 6.07 Å². The topological polar surface area (TPSA) is 107 Å². The van der Waals surface area contributed by atoms with Crippen LogP contribution in [0.5, 0.6) is 11.5 Å². The van der Waals surface area contributed by atoms with Gasteiger partial charge in [0.15, 0.2) is 5.71 Å². The lowest BCUT2D eigenvalue weighted by atomic mass is 9.99. The van der Waals surface area contributed by atoms with Crippen molar-refractivity contribution in [2.24, 2.45) is 11.0 Å². The van der Waals surface area contributed by atoms with E-state index in [2.05, 4.69) is 10.5 Å². The molecule has 0 aliphatic carbocycles. The summed E-state index contributed by atoms with van der Waals surface area (Å²) in [4.78, 5) is 38.5. The van der Waals surface area contributed by atoms with Gasteiger partial charge >= 0.3 is 5.97 Å². The summed E-state index contributed by atoms with van der Waals surface area (Å²) in [6.45, 7) is 1.79. The van der Waals surface area contributed by atoms with Crippen molar-refractivity contribution in [3.8, 4) is 11.5 Å². The third kappa shape index (κ3) is 2.57. The Morgan fingerprint density at radius 1 is 1.24 bits per heavy atom. The molecule has 9 heteroatoms. The van der Waals surface area contributed by atoms with Gasteiger partial charge in [0.1, 0.15) is 23.5 Å². The van der Waals surface area contributed by atoms with E-state index in [0.717, 1.165) is 4.90 Å². The summed E-state index contributed by atoms with van der Waals surface area (Å²) in [5, 5.41) is 3.81. The molecule has 0 spiro atoms. The lowest BCUT2D eigenvalue weighted by Gasteiger charge is -2.19. The number of nitrogens with zero attached hydrogens (tertiary/aromatic N) is 2. The van der Waals surface area contributed by atoms with Gasteiger partial charge in [-0.3, -0.25) is 15.0 Å². The van der Waals surface area contributed by atoms with Crippen molar-refractivity contribution in [3.05, 3.63) is 18.2 Å². The average Bonchev–Trinajstić information content (AvgIpc) is 3.15. The molecule has 2 unspecified atom stereocenters. The molecule has 1 aromatic rings. The summed E-state index contributed by atoms with van der Waals surface area (Å²) in [7, 11) is 2.90. The van der Waals surface area contributed by atoms with E-state index < -0.39 is 29.7 Å². The highest BCUT2D eigenvalue weighted by Crippen LogP contribution is 2.38. The number of hydrogen-bond acceptors (Lipinski definition) is 8. The number of fused-ring (bicyclic) bond motifs is 1. The maximum atomic E-state index is 12.9. The molecule has 0 saturated carbocycles. The molecule has 0 bridgehead atoms. The summed E-state index contributed by atoms with van der Waals surface area (Å²) in [5.74, 6) is -2.05. The zero-order chi connectivity index (χ0) is 18.1. The van der Waals surface area contributed by atoms with Crippen molar-refractivity contribution in [3.63, 3.8) is 0 Å². The van der Waals surface area contributed by atoms with Gasteiger partial charge in [-0.1, -0.05) is 0 Å². The average molecular weight is 347 g/mol. The van der Waals surface area contributed by atoms with Gasteiger partial charge in [-0.05, 0) is 19.1 Å². The Bertz CT molecular complexity index is 775. The van der Waals surface area contributed by atoms with Crippen molar-refractivity contribution in [1.82, 2.24) is 5.43 Å². The number of amides is 2. The fourth-order valence-electron chi connectivity index (χ4n) is 2.87. The second-order valence-corrected chi connectivity index (χ2v) is 5.35. The van der Waals surface area contributed by atoms with Gasteiger partial charge in [-0.2, -0.15) is 5.10 Å². The molecular weight excluding hydrogens is 330 g/mol. The molecule has 1 saturated heterocycles. The van der Waals surface area contributed by atoms with E-state index in [4.69, 9.17) is 14.2 Å². The lowest BCUT2D eigenvalue weighted by molar-refractivity contribution is -0.136. The zero-order valence-corrected chi connectivity index (χ0v) is 13.9. The molecule has 2 aliphatic heterocycles. The van der Waals surface area contributed by atoms with Gasteiger partial charge in [0.05, 0.1) is 26.5 Å². The van der Waals surface area contributed by atoms with Gasteiger partial charge in [0.2, 0.25) is 5.91 Å². The second kappa shape index (κ2) is 6.42. The molecule has 2 amide bonds. The van der Waals surface area contributed by atoms with E-state index in [1.807, 2.05) is 0 Å². The number of carbonyl (C=O) groups is 3. The van der Waals surface area contributed by atoms with Crippen LogP contribution in [-0.2, 0) is 19.1 Å². The minimum Gasteiger partial charge on any atom is -0.497 e. The Morgan fingerprint density at radius 2 is 2.00 bits per heavy atom. The molecule has 1 aromatic carbocycles. The van der Waals surface area contributed by atoms with Crippen LogP contribution in [0.4, 0.5) is 5.69 Å². The molecule has 0 radical (unpaired) electrons. The van der Waals surface area contributed by atoms with Crippen molar-refractivity contribution in [1.29, 1.82) is 0 Å². The number of nitrogens with one attached hydrogen (secondary N) is 1. The van der Waals surface area contributed by atoms with E-state index in [0.29, 0.717) is 11.5 Å². The van der Waals surface area contributed by atoms with Crippen LogP contribution in [0.2, 0.25) is 0 Å². The minimum atomic E-state index is -1.03. The Hall–Kier alpha value is -3.10. The van der Waals surface area contributed by atoms with Crippen molar-refractivity contribution in [2.45, 2.75) is 13.0 Å². The third-order valence-electron chi connectivity index (χ3n) is 4.04. The number of benzene rings is 1. The summed E-state index contributed by atoms with van der Waals surface area (Å²) in [6.07, 6.45) is 0. The van der Waals surface area contributed by atoms with Gasteiger partial charge in [-0.25, -0.2) is 9.69 Å². The van der Waals surface area contributed by atoms with Crippen LogP contribution in [0.3, 0.4) is 0 Å². The highest BCUT2D eigenvalue weighted by Gasteiger charge is 2.56. The van der Waals surface area contributed by atoms with Crippen LogP contribution in [0.25, 0.3) is 0 Å². The molecule has 0 aromatic heterocycles. The largest absolute Gasteiger partial charge is 0.497 e. The van der Waals surface area contributed by atoms with E-state index in [-0.39, 0.29) is 18.0 Å².